The number of fused-ring (bicyclic) bond motifs is 2. The summed E-state index contributed by atoms with van der Waals surface area (Å²) in [6.45, 7) is 0.519. The molecule has 0 bridgehead atoms. The zero-order valence-electron chi connectivity index (χ0n) is 13.9. The van der Waals surface area contributed by atoms with Crippen LogP contribution in [0, 0.1) is 0 Å². The number of rotatable bonds is 4. The van der Waals surface area contributed by atoms with Crippen molar-refractivity contribution in [3.63, 3.8) is 0 Å². The SMILES string of the molecule is O=C1c2c(NCNc3ccccc3)cccc2-c2n[nH]c3cccc1c23. The average molecular weight is 340 g/mol. The molecule has 0 radical (unpaired) electrons. The van der Waals surface area contributed by atoms with Crippen LogP contribution in [0.5, 0.6) is 0 Å². The molecule has 0 atom stereocenters. The maximum atomic E-state index is 13.1. The zero-order valence-corrected chi connectivity index (χ0v) is 13.9. The number of para-hydroxylation sites is 1. The van der Waals surface area contributed by atoms with Crippen molar-refractivity contribution in [2.75, 3.05) is 17.3 Å². The summed E-state index contributed by atoms with van der Waals surface area (Å²) in [5.74, 6) is 0.0299. The van der Waals surface area contributed by atoms with Crippen molar-refractivity contribution in [3.8, 4) is 11.3 Å². The van der Waals surface area contributed by atoms with Gasteiger partial charge in [0.05, 0.1) is 17.7 Å². The van der Waals surface area contributed by atoms with E-state index in [0.717, 1.165) is 33.5 Å². The number of aromatic nitrogens is 2. The summed E-state index contributed by atoms with van der Waals surface area (Å²) in [6.07, 6.45) is 0. The van der Waals surface area contributed by atoms with E-state index in [-0.39, 0.29) is 5.78 Å². The van der Waals surface area contributed by atoms with Crippen molar-refractivity contribution in [2.45, 2.75) is 0 Å². The fourth-order valence-electron chi connectivity index (χ4n) is 3.53. The monoisotopic (exact) mass is 340 g/mol. The van der Waals surface area contributed by atoms with E-state index in [2.05, 4.69) is 20.8 Å². The lowest BCUT2D eigenvalue weighted by Crippen LogP contribution is -2.17. The van der Waals surface area contributed by atoms with Gasteiger partial charge in [-0.05, 0) is 24.3 Å². The van der Waals surface area contributed by atoms with Crippen LogP contribution in [0.2, 0.25) is 0 Å². The molecule has 1 aromatic heterocycles. The van der Waals surface area contributed by atoms with Crippen LogP contribution in [0.1, 0.15) is 15.9 Å². The Morgan fingerprint density at radius 1 is 0.846 bits per heavy atom. The topological polar surface area (TPSA) is 69.8 Å². The van der Waals surface area contributed by atoms with Gasteiger partial charge in [0.15, 0.2) is 5.78 Å². The Bertz CT molecular complexity index is 1130. The molecule has 1 aliphatic rings. The number of aromatic amines is 1. The smallest absolute Gasteiger partial charge is 0.196 e. The predicted octanol–water partition coefficient (Wildman–Crippen LogP) is 4.26. The Kier molecular flexibility index (Phi) is 3.25. The number of anilines is 2. The molecular weight excluding hydrogens is 324 g/mol. The molecule has 0 spiro atoms. The minimum atomic E-state index is 0.0299. The third kappa shape index (κ3) is 2.18. The Labute approximate surface area is 150 Å². The van der Waals surface area contributed by atoms with E-state index < -0.39 is 0 Å². The summed E-state index contributed by atoms with van der Waals surface area (Å²) in [7, 11) is 0. The van der Waals surface area contributed by atoms with Gasteiger partial charge in [-0.15, -0.1) is 0 Å². The molecule has 1 heterocycles. The van der Waals surface area contributed by atoms with Gasteiger partial charge in [-0.25, -0.2) is 0 Å². The van der Waals surface area contributed by atoms with Crippen LogP contribution >= 0.6 is 0 Å². The Hall–Kier alpha value is -3.60. The summed E-state index contributed by atoms with van der Waals surface area (Å²) in [4.78, 5) is 13.1. The largest absolute Gasteiger partial charge is 0.368 e. The number of nitrogens with zero attached hydrogens (tertiary/aromatic N) is 1. The lowest BCUT2D eigenvalue weighted by molar-refractivity contribution is 0.104. The van der Waals surface area contributed by atoms with Crippen LogP contribution in [-0.4, -0.2) is 22.6 Å². The number of carbonyl (C=O) groups is 1. The third-order valence-electron chi connectivity index (χ3n) is 4.73. The molecule has 5 nitrogen and oxygen atoms in total. The fourth-order valence-corrected chi connectivity index (χ4v) is 3.53. The number of ketones is 1. The van der Waals surface area contributed by atoms with Crippen molar-refractivity contribution >= 4 is 28.1 Å². The minimum Gasteiger partial charge on any atom is -0.368 e. The van der Waals surface area contributed by atoms with Gasteiger partial charge in [0.1, 0.15) is 5.69 Å². The quantitative estimate of drug-likeness (QED) is 0.428. The highest BCUT2D eigenvalue weighted by atomic mass is 16.1. The van der Waals surface area contributed by atoms with Crippen molar-refractivity contribution in [1.82, 2.24) is 10.2 Å². The molecule has 0 saturated heterocycles. The summed E-state index contributed by atoms with van der Waals surface area (Å²) in [6, 6.07) is 21.5. The lowest BCUT2D eigenvalue weighted by Gasteiger charge is -2.19. The van der Waals surface area contributed by atoms with E-state index in [1.807, 2.05) is 66.7 Å². The van der Waals surface area contributed by atoms with E-state index in [0.29, 0.717) is 17.8 Å². The van der Waals surface area contributed by atoms with Crippen LogP contribution in [0.25, 0.3) is 22.2 Å². The molecule has 4 aromatic rings. The molecule has 5 heteroatoms. The predicted molar refractivity (Wildman–Crippen MR) is 104 cm³/mol. The van der Waals surface area contributed by atoms with E-state index in [9.17, 15) is 4.79 Å². The van der Waals surface area contributed by atoms with Crippen molar-refractivity contribution in [3.05, 3.63) is 77.9 Å². The van der Waals surface area contributed by atoms with Crippen LogP contribution in [0.15, 0.2) is 66.7 Å². The van der Waals surface area contributed by atoms with Gasteiger partial charge in [-0.3, -0.25) is 9.89 Å². The van der Waals surface area contributed by atoms with Crippen molar-refractivity contribution in [1.29, 1.82) is 0 Å². The molecule has 0 unspecified atom stereocenters. The maximum Gasteiger partial charge on any atom is 0.196 e. The van der Waals surface area contributed by atoms with E-state index in [1.165, 1.54) is 0 Å². The first-order valence-electron chi connectivity index (χ1n) is 8.51. The first kappa shape index (κ1) is 14.7. The molecule has 0 saturated carbocycles. The Balaban J connectivity index is 1.52. The number of nitrogens with one attached hydrogen (secondary N) is 3. The van der Waals surface area contributed by atoms with Crippen LogP contribution < -0.4 is 10.6 Å². The molecule has 5 rings (SSSR count). The number of H-pyrrole nitrogens is 1. The first-order chi connectivity index (χ1) is 12.8. The van der Waals surface area contributed by atoms with E-state index in [4.69, 9.17) is 0 Å². The van der Waals surface area contributed by atoms with Gasteiger partial charge in [-0.1, -0.05) is 42.5 Å². The molecule has 1 aliphatic carbocycles. The Morgan fingerprint density at radius 3 is 2.54 bits per heavy atom. The van der Waals surface area contributed by atoms with Gasteiger partial charge < -0.3 is 10.6 Å². The van der Waals surface area contributed by atoms with Crippen LogP contribution in [-0.2, 0) is 0 Å². The normalized spacial score (nSPS) is 12.1. The average Bonchev–Trinajstić information content (AvgIpc) is 3.12. The maximum absolute atomic E-state index is 13.1. The van der Waals surface area contributed by atoms with Gasteiger partial charge in [0, 0.05) is 27.9 Å². The fraction of sp³-hybridized carbons (Fsp3) is 0.0476. The highest BCUT2D eigenvalue weighted by Gasteiger charge is 2.29. The lowest BCUT2D eigenvalue weighted by atomic mass is 9.86. The number of hydrogen-bond acceptors (Lipinski definition) is 4. The first-order valence-corrected chi connectivity index (χ1v) is 8.51. The minimum absolute atomic E-state index is 0.0299. The van der Waals surface area contributed by atoms with Gasteiger partial charge in [0.25, 0.3) is 0 Å². The van der Waals surface area contributed by atoms with Gasteiger partial charge in [0.2, 0.25) is 0 Å². The highest BCUT2D eigenvalue weighted by Crippen LogP contribution is 2.40. The number of benzene rings is 3. The molecule has 0 amide bonds. The molecule has 0 aliphatic heterocycles. The van der Waals surface area contributed by atoms with Crippen LogP contribution in [0.3, 0.4) is 0 Å². The second-order valence-corrected chi connectivity index (χ2v) is 6.25. The van der Waals surface area contributed by atoms with Gasteiger partial charge in [-0.2, -0.15) is 5.10 Å². The third-order valence-corrected chi connectivity index (χ3v) is 4.73. The molecule has 126 valence electrons. The van der Waals surface area contributed by atoms with Crippen molar-refractivity contribution in [2.24, 2.45) is 0 Å². The van der Waals surface area contributed by atoms with Gasteiger partial charge >= 0.3 is 0 Å². The number of carbonyl (C=O) groups excluding carboxylic acids is 1. The molecular formula is C21H16N4O. The molecule has 3 N–H and O–H groups in total. The standard InChI is InChI=1S/C21H16N4O/c26-21-15-9-5-11-17-18(15)20(25-24-17)14-8-4-10-16(19(14)21)23-12-22-13-6-2-1-3-7-13/h1-11,22-23H,12H2,(H,24,25). The summed E-state index contributed by atoms with van der Waals surface area (Å²) < 4.78 is 0. The van der Waals surface area contributed by atoms with E-state index >= 15 is 0 Å². The molecule has 3 aromatic carbocycles. The summed E-state index contributed by atoms with van der Waals surface area (Å²) in [5, 5.41) is 15.0. The Morgan fingerprint density at radius 2 is 1.65 bits per heavy atom. The zero-order chi connectivity index (χ0) is 17.5. The molecule has 0 fully saturated rings. The van der Waals surface area contributed by atoms with E-state index in [1.54, 1.807) is 0 Å². The number of hydrogen-bond donors (Lipinski definition) is 3. The second-order valence-electron chi connectivity index (χ2n) is 6.25. The summed E-state index contributed by atoms with van der Waals surface area (Å²) >= 11 is 0. The van der Waals surface area contributed by atoms with Crippen molar-refractivity contribution < 1.29 is 4.79 Å². The second kappa shape index (κ2) is 5.74. The molecule has 26 heavy (non-hydrogen) atoms. The highest BCUT2D eigenvalue weighted by molar-refractivity contribution is 6.27. The van der Waals surface area contributed by atoms with Crippen LogP contribution in [0.4, 0.5) is 11.4 Å². The summed E-state index contributed by atoms with van der Waals surface area (Å²) in [5.41, 5.74) is 5.80.